The molecular formula is C62H123NO8. The fraction of sp³-hybridized carbons (Fsp3) is 0.984. The second kappa shape index (κ2) is 52.6. The minimum Gasteiger partial charge on any atom is -0.394 e. The third-order valence-corrected chi connectivity index (χ3v) is 15.7. The minimum absolute atomic E-state index is 0.131. The van der Waals surface area contributed by atoms with Crippen LogP contribution in [0.4, 0.5) is 0 Å². The Bertz CT molecular complexity index is 1080. The Kier molecular flexibility index (Phi) is 50.6. The van der Waals surface area contributed by atoms with Gasteiger partial charge in [-0.3, -0.25) is 4.79 Å². The molecule has 9 nitrogen and oxygen atoms in total. The molecule has 1 rings (SSSR count). The van der Waals surface area contributed by atoms with Crippen molar-refractivity contribution in [1.29, 1.82) is 0 Å². The van der Waals surface area contributed by atoms with Gasteiger partial charge in [0.15, 0.2) is 6.29 Å². The van der Waals surface area contributed by atoms with Crippen LogP contribution in [0, 0.1) is 0 Å². The van der Waals surface area contributed by atoms with Gasteiger partial charge < -0.3 is 40.3 Å². The number of aliphatic hydroxyl groups excluding tert-OH is 5. The highest BCUT2D eigenvalue weighted by atomic mass is 16.7. The van der Waals surface area contributed by atoms with Crippen LogP contribution in [0.3, 0.4) is 0 Å². The lowest BCUT2D eigenvalue weighted by atomic mass is 9.99. The van der Waals surface area contributed by atoms with Crippen molar-refractivity contribution in [2.45, 2.75) is 378 Å². The van der Waals surface area contributed by atoms with Crippen molar-refractivity contribution in [2.75, 3.05) is 13.2 Å². The molecule has 1 aliphatic heterocycles. The lowest BCUT2D eigenvalue weighted by Crippen LogP contribution is -2.60. The normalized spacial score (nSPS) is 19.1. The van der Waals surface area contributed by atoms with Crippen LogP contribution in [0.1, 0.15) is 335 Å². The Balaban J connectivity index is 2.15. The SMILES string of the molecule is CCCCCCCCCCCCCCCCCCCCCCCCCCCC(=O)NC(COC1OC(CO)C(O)C(O)C1O)C(O)CCCCCCCCCCCCCCCCCCCCCCCCC. The molecule has 0 bridgehead atoms. The smallest absolute Gasteiger partial charge is 0.220 e. The highest BCUT2D eigenvalue weighted by Crippen LogP contribution is 2.24. The number of ether oxygens (including phenoxy) is 2. The Morgan fingerprint density at radius 1 is 0.423 bits per heavy atom. The van der Waals surface area contributed by atoms with Gasteiger partial charge in [0.1, 0.15) is 24.4 Å². The van der Waals surface area contributed by atoms with Gasteiger partial charge in [0.05, 0.1) is 25.4 Å². The average molecular weight is 1010 g/mol. The molecule has 7 atom stereocenters. The summed E-state index contributed by atoms with van der Waals surface area (Å²) >= 11 is 0. The van der Waals surface area contributed by atoms with Crippen LogP contribution in [0.2, 0.25) is 0 Å². The number of hydrogen-bond acceptors (Lipinski definition) is 8. The summed E-state index contributed by atoms with van der Waals surface area (Å²) in [6.45, 7) is 3.90. The quantitative estimate of drug-likeness (QED) is 0.0330. The van der Waals surface area contributed by atoms with E-state index in [4.69, 9.17) is 9.47 Å². The van der Waals surface area contributed by atoms with E-state index in [2.05, 4.69) is 19.2 Å². The van der Waals surface area contributed by atoms with Crippen molar-refractivity contribution < 1.29 is 39.8 Å². The maximum absolute atomic E-state index is 13.1. The van der Waals surface area contributed by atoms with E-state index in [-0.39, 0.29) is 12.5 Å². The molecule has 9 heteroatoms. The van der Waals surface area contributed by atoms with Crippen LogP contribution in [0.25, 0.3) is 0 Å². The summed E-state index contributed by atoms with van der Waals surface area (Å²) < 4.78 is 11.4. The molecule has 1 amide bonds. The Morgan fingerprint density at radius 3 is 1.00 bits per heavy atom. The van der Waals surface area contributed by atoms with Crippen molar-refractivity contribution in [3.05, 3.63) is 0 Å². The fourth-order valence-corrected chi connectivity index (χ4v) is 10.7. The zero-order chi connectivity index (χ0) is 51.5. The first-order chi connectivity index (χ1) is 34.8. The topological polar surface area (TPSA) is 149 Å². The number of aliphatic hydroxyl groups is 5. The summed E-state index contributed by atoms with van der Waals surface area (Å²) in [5, 5.41) is 54.8. The molecule has 0 radical (unpaired) electrons. The Labute approximate surface area is 440 Å². The summed E-state index contributed by atoms with van der Waals surface area (Å²) in [6.07, 6.45) is 57.2. The molecule has 0 aromatic rings. The van der Waals surface area contributed by atoms with E-state index < -0.39 is 49.5 Å². The number of nitrogens with one attached hydrogen (secondary N) is 1. The molecule has 1 aliphatic rings. The predicted molar refractivity (Wildman–Crippen MR) is 300 cm³/mol. The fourth-order valence-electron chi connectivity index (χ4n) is 10.7. The maximum atomic E-state index is 13.1. The van der Waals surface area contributed by atoms with Crippen molar-refractivity contribution in [1.82, 2.24) is 5.32 Å². The minimum atomic E-state index is -1.55. The Hall–Kier alpha value is -0.810. The molecule has 1 fully saturated rings. The van der Waals surface area contributed by atoms with Crippen molar-refractivity contribution >= 4 is 5.91 Å². The van der Waals surface area contributed by atoms with Gasteiger partial charge in [-0.05, 0) is 12.8 Å². The first-order valence-corrected chi connectivity index (χ1v) is 31.7. The third-order valence-electron chi connectivity index (χ3n) is 15.7. The lowest BCUT2D eigenvalue weighted by Gasteiger charge is -2.40. The number of amides is 1. The summed E-state index contributed by atoms with van der Waals surface area (Å²) in [4.78, 5) is 13.1. The van der Waals surface area contributed by atoms with E-state index in [1.807, 2.05) is 0 Å². The molecule has 71 heavy (non-hydrogen) atoms. The summed E-state index contributed by atoms with van der Waals surface area (Å²) in [6, 6.07) is -0.714. The third kappa shape index (κ3) is 42.0. The first kappa shape index (κ1) is 68.2. The first-order valence-electron chi connectivity index (χ1n) is 31.7. The highest BCUT2D eigenvalue weighted by molar-refractivity contribution is 5.76. The zero-order valence-electron chi connectivity index (χ0n) is 47.3. The highest BCUT2D eigenvalue weighted by Gasteiger charge is 2.44. The van der Waals surface area contributed by atoms with Gasteiger partial charge in [-0.15, -0.1) is 0 Å². The molecule has 0 spiro atoms. The molecule has 1 saturated heterocycles. The summed E-state index contributed by atoms with van der Waals surface area (Å²) in [5.41, 5.74) is 0. The molecule has 0 aromatic carbocycles. The van der Waals surface area contributed by atoms with Gasteiger partial charge in [0.2, 0.25) is 5.91 Å². The van der Waals surface area contributed by atoms with Crippen molar-refractivity contribution in [3.63, 3.8) is 0 Å². The summed E-state index contributed by atoms with van der Waals surface area (Å²) in [7, 11) is 0. The average Bonchev–Trinajstić information content (AvgIpc) is 3.37. The van der Waals surface area contributed by atoms with Gasteiger partial charge in [0.25, 0.3) is 0 Å². The van der Waals surface area contributed by atoms with Crippen LogP contribution in [-0.2, 0) is 14.3 Å². The van der Waals surface area contributed by atoms with Crippen LogP contribution >= 0.6 is 0 Å². The second-order valence-corrected chi connectivity index (χ2v) is 22.6. The van der Waals surface area contributed by atoms with E-state index in [1.54, 1.807) is 0 Å². The monoisotopic (exact) mass is 1010 g/mol. The molecular weight excluding hydrogens is 887 g/mol. The standard InChI is InChI=1S/C62H123NO8/c1-3-5-7-9-11-13-15-17-19-21-23-25-27-28-30-32-34-36-38-40-42-44-46-48-50-52-58(66)63-55(54-70-62-61(69)60(68)59(67)57(53-64)71-62)56(65)51-49-47-45-43-41-39-37-35-33-31-29-26-24-22-20-18-16-14-12-10-8-6-4-2/h55-57,59-62,64-65,67-69H,3-54H2,1-2H3,(H,63,66). The van der Waals surface area contributed by atoms with Crippen LogP contribution in [0.5, 0.6) is 0 Å². The number of unbranched alkanes of at least 4 members (excludes halogenated alkanes) is 46. The number of hydrogen-bond donors (Lipinski definition) is 6. The van der Waals surface area contributed by atoms with E-state index in [1.165, 1.54) is 270 Å². The van der Waals surface area contributed by atoms with Crippen LogP contribution < -0.4 is 5.32 Å². The maximum Gasteiger partial charge on any atom is 0.220 e. The lowest BCUT2D eigenvalue weighted by molar-refractivity contribution is -0.302. The van der Waals surface area contributed by atoms with Gasteiger partial charge in [-0.2, -0.15) is 0 Å². The van der Waals surface area contributed by atoms with Crippen LogP contribution in [-0.4, -0.2) is 87.5 Å². The van der Waals surface area contributed by atoms with E-state index >= 15 is 0 Å². The van der Waals surface area contributed by atoms with Crippen molar-refractivity contribution in [2.24, 2.45) is 0 Å². The molecule has 0 aliphatic carbocycles. The molecule has 0 aromatic heterocycles. The number of carbonyl (C=O) groups is 1. The second-order valence-electron chi connectivity index (χ2n) is 22.6. The van der Waals surface area contributed by atoms with Gasteiger partial charge in [0, 0.05) is 6.42 Å². The molecule has 424 valence electrons. The molecule has 6 N–H and O–H groups in total. The zero-order valence-corrected chi connectivity index (χ0v) is 47.3. The molecule has 7 unspecified atom stereocenters. The van der Waals surface area contributed by atoms with Gasteiger partial charge >= 0.3 is 0 Å². The summed E-state index contributed by atoms with van der Waals surface area (Å²) in [5.74, 6) is -0.134. The number of rotatable bonds is 56. The molecule has 1 heterocycles. The van der Waals surface area contributed by atoms with Gasteiger partial charge in [-0.1, -0.05) is 316 Å². The molecule has 0 saturated carbocycles. The van der Waals surface area contributed by atoms with Gasteiger partial charge in [-0.25, -0.2) is 0 Å². The van der Waals surface area contributed by atoms with E-state index in [9.17, 15) is 30.3 Å². The van der Waals surface area contributed by atoms with E-state index in [0.29, 0.717) is 12.8 Å². The largest absolute Gasteiger partial charge is 0.394 e. The Morgan fingerprint density at radius 2 is 0.704 bits per heavy atom. The van der Waals surface area contributed by atoms with Crippen LogP contribution in [0.15, 0.2) is 0 Å². The van der Waals surface area contributed by atoms with Crippen molar-refractivity contribution in [3.8, 4) is 0 Å². The predicted octanol–water partition coefficient (Wildman–Crippen LogP) is 16.2. The van der Waals surface area contributed by atoms with E-state index in [0.717, 1.165) is 38.5 Å². The number of carbonyl (C=O) groups excluding carboxylic acids is 1.